The molecule has 0 N–H and O–H groups in total. The summed E-state index contributed by atoms with van der Waals surface area (Å²) >= 11 is 0. The number of allylic oxidation sites excluding steroid dienone is 2. The first-order chi connectivity index (χ1) is 21.8. The Morgan fingerprint density at radius 1 is 0.739 bits per heavy atom. The van der Waals surface area contributed by atoms with E-state index in [1.807, 2.05) is 56.3 Å². The van der Waals surface area contributed by atoms with Crippen molar-refractivity contribution in [3.8, 4) is 60.7 Å². The predicted octanol–water partition coefficient (Wildman–Crippen LogP) is 7.15. The summed E-state index contributed by atoms with van der Waals surface area (Å²) in [5.41, 5.74) is 3.17. The molecule has 1 aromatic carbocycles. The highest BCUT2D eigenvalue weighted by atomic mass is 16.5. The van der Waals surface area contributed by atoms with Crippen molar-refractivity contribution < 1.29 is 9.53 Å². The molecule has 1 aliphatic rings. The van der Waals surface area contributed by atoms with Crippen molar-refractivity contribution in [1.82, 2.24) is 0 Å². The Balaban J connectivity index is -0.000000104. The van der Waals surface area contributed by atoms with Gasteiger partial charge in [0.2, 0.25) is 0 Å². The smallest absolute Gasteiger partial charge is 0.181 e. The lowest BCUT2D eigenvalue weighted by Crippen LogP contribution is -2.23. The Morgan fingerprint density at radius 2 is 1.15 bits per heavy atom. The van der Waals surface area contributed by atoms with Crippen LogP contribution in [0.25, 0.3) is 0 Å². The summed E-state index contributed by atoms with van der Waals surface area (Å²) in [5, 5.41) is 75.8. The van der Waals surface area contributed by atoms with Crippen molar-refractivity contribution in [3.05, 3.63) is 47.0 Å². The first-order valence-electron chi connectivity index (χ1n) is 13.3. The van der Waals surface area contributed by atoms with E-state index in [-0.39, 0.29) is 12.0 Å². The van der Waals surface area contributed by atoms with E-state index in [2.05, 4.69) is 25.5 Å². The monoisotopic (exact) mass is 620 g/mol. The molecule has 12 nitrogen and oxygen atoms in total. The lowest BCUT2D eigenvalue weighted by atomic mass is 9.74. The van der Waals surface area contributed by atoms with Crippen LogP contribution in [0.4, 0.5) is 0 Å². The number of carbonyl (C=O) groups is 1. The normalized spacial score (nSPS) is 9.89. The van der Waals surface area contributed by atoms with Crippen LogP contribution in [0, 0.1) is 119 Å². The van der Waals surface area contributed by atoms with Crippen molar-refractivity contribution in [3.63, 3.8) is 0 Å². The second-order valence-electron chi connectivity index (χ2n) is 8.77. The summed E-state index contributed by atoms with van der Waals surface area (Å²) in [4.78, 5) is 11.4. The highest BCUT2D eigenvalue weighted by Crippen LogP contribution is 2.36. The van der Waals surface area contributed by atoms with Crippen LogP contribution in [-0.4, -0.2) is 19.5 Å². The number of methoxy groups -OCH3 is 1. The summed E-state index contributed by atoms with van der Waals surface area (Å²) in [6.45, 7) is 11.8. The summed E-state index contributed by atoms with van der Waals surface area (Å²) in [6, 6.07) is 25.5. The second kappa shape index (κ2) is 45.5. The number of nitriles is 10. The molecule has 0 bridgehead atoms. The lowest BCUT2D eigenvalue weighted by Gasteiger charge is -2.29. The van der Waals surface area contributed by atoms with Gasteiger partial charge in [0.15, 0.2) is 30.1 Å². The molecule has 46 heavy (non-hydrogen) atoms. The van der Waals surface area contributed by atoms with Gasteiger partial charge in [-0.15, -0.1) is 0 Å². The molecule has 0 atom stereocenters. The summed E-state index contributed by atoms with van der Waals surface area (Å²) in [6.07, 6.45) is 4.15. The predicted molar refractivity (Wildman–Crippen MR) is 170 cm³/mol. The molecule has 0 aromatic heterocycles. The number of benzene rings is 1. The molecule has 0 radical (unpaired) electrons. The minimum atomic E-state index is 0.194. The number of hydrogen-bond donors (Lipinski definition) is 0. The number of carbonyl (C=O) groups excluding carboxylic acids is 1. The number of nitrogens with zero attached hydrogens (tertiary/aromatic N) is 10. The molecule has 0 amide bonds. The van der Waals surface area contributed by atoms with Gasteiger partial charge in [0.1, 0.15) is 6.61 Å². The van der Waals surface area contributed by atoms with Gasteiger partial charge in [-0.3, -0.25) is 4.79 Å². The van der Waals surface area contributed by atoms with E-state index in [0.717, 1.165) is 18.4 Å². The van der Waals surface area contributed by atoms with Gasteiger partial charge in [-0.25, -0.2) is 0 Å². The Labute approximate surface area is 274 Å². The van der Waals surface area contributed by atoms with E-state index >= 15 is 0 Å². The summed E-state index contributed by atoms with van der Waals surface area (Å²) < 4.78 is 4.33. The van der Waals surface area contributed by atoms with E-state index in [1.54, 1.807) is 24.3 Å². The zero-order valence-corrected chi connectivity index (χ0v) is 27.6. The van der Waals surface area contributed by atoms with Crippen LogP contribution in [0.2, 0.25) is 0 Å². The first-order valence-corrected chi connectivity index (χ1v) is 13.3. The highest BCUT2D eigenvalue weighted by molar-refractivity contribution is 5.96. The molecule has 0 heterocycles. The molecule has 0 spiro atoms. The van der Waals surface area contributed by atoms with E-state index < -0.39 is 0 Å². The van der Waals surface area contributed by atoms with E-state index in [1.165, 1.54) is 43.9 Å². The van der Waals surface area contributed by atoms with Gasteiger partial charge < -0.3 is 4.74 Å². The fraction of sp³-hybridized carbons (Fsp3) is 0.441. The maximum atomic E-state index is 11.4. The van der Waals surface area contributed by atoms with Crippen LogP contribution >= 0.6 is 0 Å². The average Bonchev–Trinajstić information content (AvgIpc) is 3.06. The Hall–Kier alpha value is -6.51. The molecule has 1 aliphatic carbocycles. The van der Waals surface area contributed by atoms with Crippen LogP contribution < -0.4 is 0 Å². The van der Waals surface area contributed by atoms with Crippen LogP contribution in [0.15, 0.2) is 41.5 Å². The van der Waals surface area contributed by atoms with Gasteiger partial charge in [0, 0.05) is 39.7 Å². The van der Waals surface area contributed by atoms with Crippen LogP contribution in [0.1, 0.15) is 85.6 Å². The topological polar surface area (TPSA) is 264 Å². The highest BCUT2D eigenvalue weighted by Gasteiger charge is 2.28. The first kappa shape index (κ1) is 52.2. The molecule has 0 saturated heterocycles. The number of unbranched alkanes of at least 4 members (excludes halogenated alkanes) is 2. The van der Waals surface area contributed by atoms with E-state index in [4.69, 9.17) is 52.6 Å². The molecule has 12 heteroatoms. The molecule has 0 fully saturated rings. The van der Waals surface area contributed by atoms with Crippen molar-refractivity contribution in [2.24, 2.45) is 5.41 Å². The number of rotatable bonds is 3. The Kier molecular flexibility index (Phi) is 51.6. The van der Waals surface area contributed by atoms with E-state index in [0.29, 0.717) is 37.0 Å². The maximum Gasteiger partial charge on any atom is 0.181 e. The summed E-state index contributed by atoms with van der Waals surface area (Å²) in [7, 11) is 1.49. The molecule has 0 saturated carbocycles. The van der Waals surface area contributed by atoms with Crippen LogP contribution in [0.5, 0.6) is 0 Å². The van der Waals surface area contributed by atoms with Crippen LogP contribution in [-0.2, 0) is 9.53 Å². The Bertz CT molecular complexity index is 1330. The molecular weight excluding hydrogens is 580 g/mol. The van der Waals surface area contributed by atoms with Crippen molar-refractivity contribution in [2.45, 2.75) is 80.1 Å². The third-order valence-electron chi connectivity index (χ3n) is 4.39. The SMILES string of the molecule is CC#N.CC1=C(C)C(=O)CC(C)(C)C1.CCC#N.COCC#N.N#CC#N.N#CC#N.N#CCCCC#N.N#Cc1ccccc1. The van der Waals surface area contributed by atoms with Gasteiger partial charge in [-0.05, 0) is 49.8 Å². The zero-order valence-electron chi connectivity index (χ0n) is 27.6. The zero-order chi connectivity index (χ0) is 37.1. The second-order valence-corrected chi connectivity index (χ2v) is 8.77. The molecule has 1 aromatic rings. The number of hydrogen-bond acceptors (Lipinski definition) is 12. The molecule has 0 unspecified atom stereocenters. The number of ether oxygens (including phenoxy) is 1. The largest absolute Gasteiger partial charge is 0.370 e. The van der Waals surface area contributed by atoms with Gasteiger partial charge in [0.25, 0.3) is 0 Å². The number of ketones is 1. The standard InChI is InChI=1S/C10H16O.C7H5N.C5H6N2.C3H5NO.C3H5N.2C2N2.C2H3N/c1-7-5-10(3,4)6-9(11)8(7)2;8-6-7-4-2-1-3-5-7;6-4-2-1-3-5-7;1-5-3-2-4;1-2-3-4;2*3-1-2-4;1-2-3/h5-6H2,1-4H3;1-5H;1-3H2;3H2,1H3;2H2,1H3;;;1H3. The third-order valence-corrected chi connectivity index (χ3v) is 4.39. The third kappa shape index (κ3) is 53.7. The van der Waals surface area contributed by atoms with Crippen molar-refractivity contribution >= 4 is 5.78 Å². The van der Waals surface area contributed by atoms with Gasteiger partial charge >= 0.3 is 0 Å². The lowest BCUT2D eigenvalue weighted by molar-refractivity contribution is -0.118. The van der Waals surface area contributed by atoms with E-state index in [9.17, 15) is 4.79 Å². The maximum absolute atomic E-state index is 11.4. The van der Waals surface area contributed by atoms with Gasteiger partial charge in [-0.1, -0.05) is 44.5 Å². The molecule has 0 aliphatic heterocycles. The molecule has 238 valence electrons. The molecule has 2 rings (SSSR count). The minimum absolute atomic E-state index is 0.194. The fourth-order valence-corrected chi connectivity index (χ4v) is 2.54. The fourth-order valence-electron chi connectivity index (χ4n) is 2.54. The quantitative estimate of drug-likeness (QED) is 0.305. The van der Waals surface area contributed by atoms with Gasteiger partial charge in [0.05, 0.1) is 42.0 Å². The molecular formula is C34H40N10O2. The minimum Gasteiger partial charge on any atom is -0.370 e. The van der Waals surface area contributed by atoms with Crippen LogP contribution in [0.3, 0.4) is 0 Å². The van der Waals surface area contributed by atoms with Gasteiger partial charge in [-0.2, -0.15) is 52.6 Å². The number of Topliss-reactive ketones (excluding diaryl/α,β-unsaturated/α-hetero) is 1. The Morgan fingerprint density at radius 3 is 1.37 bits per heavy atom. The average molecular weight is 621 g/mol. The van der Waals surface area contributed by atoms with Crippen molar-refractivity contribution in [2.75, 3.05) is 13.7 Å². The van der Waals surface area contributed by atoms with Crippen molar-refractivity contribution in [1.29, 1.82) is 52.6 Å². The summed E-state index contributed by atoms with van der Waals surface area (Å²) in [5.74, 6) is 0.332.